The Balaban J connectivity index is 1.49. The van der Waals surface area contributed by atoms with Crippen molar-refractivity contribution >= 4 is 17.6 Å². The summed E-state index contributed by atoms with van der Waals surface area (Å²) in [5, 5.41) is 6.52. The normalized spacial score (nSPS) is 16.4. The highest BCUT2D eigenvalue weighted by molar-refractivity contribution is 5.90. The fourth-order valence-electron chi connectivity index (χ4n) is 5.57. The number of nitrogens with one attached hydrogen (secondary N) is 2. The van der Waals surface area contributed by atoms with Gasteiger partial charge in [-0.1, -0.05) is 51.1 Å². The van der Waals surface area contributed by atoms with Gasteiger partial charge in [0.1, 0.15) is 17.7 Å². The third kappa shape index (κ3) is 9.88. The quantitative estimate of drug-likeness (QED) is 0.217. The van der Waals surface area contributed by atoms with Crippen LogP contribution in [0.5, 0.6) is 5.75 Å². The summed E-state index contributed by atoms with van der Waals surface area (Å²) >= 11 is 0. The van der Waals surface area contributed by atoms with Crippen molar-refractivity contribution in [1.82, 2.24) is 15.5 Å². The summed E-state index contributed by atoms with van der Waals surface area (Å²) in [6.07, 6.45) is 4.46. The van der Waals surface area contributed by atoms with Crippen molar-refractivity contribution in [3.05, 3.63) is 65.5 Å². The van der Waals surface area contributed by atoms with E-state index >= 15 is 0 Å². The summed E-state index contributed by atoms with van der Waals surface area (Å²) in [7, 11) is 1.71. The Hall–Kier alpha value is -3.26. The number of likely N-dealkylation sites (N-methyl/N-ethyl adjacent to an activating group) is 1. The molecule has 2 aromatic carbocycles. The Labute approximate surface area is 256 Å². The first-order valence-electron chi connectivity index (χ1n) is 15.9. The standard InChI is InChI=1S/C35H50FN3O4/c1-7-30(24(4)26-17-19-29(36)20-18-26)34(41)37-21-11-13-27-12-9-10-14-32(27)43-23(3)22-38-33(28-15-16-28)35(42)39(6)25(5)31(40)8-2/h9-10,12,14,17-20,23-25,28,30,33,38H,7-8,11,13,15-16,21-22H2,1-6H3,(H,37,41)/t23-,24?,25-,30-,33+/m1/s1. The molecule has 0 saturated heterocycles. The minimum absolute atomic E-state index is 0.00717. The number of ketones is 1. The lowest BCUT2D eigenvalue weighted by Crippen LogP contribution is -2.52. The molecule has 0 bridgehead atoms. The highest BCUT2D eigenvalue weighted by atomic mass is 19.1. The molecular formula is C35H50FN3O4. The number of para-hydroxylation sites is 1. The second kappa shape index (κ2) is 16.6. The maximum absolute atomic E-state index is 13.3. The number of Topliss-reactive ketones (excluding diaryl/α,β-unsaturated/α-hetero) is 1. The molecule has 0 spiro atoms. The minimum atomic E-state index is -0.433. The summed E-state index contributed by atoms with van der Waals surface area (Å²) in [5.41, 5.74) is 2.02. The van der Waals surface area contributed by atoms with Gasteiger partial charge >= 0.3 is 0 Å². The van der Waals surface area contributed by atoms with Crippen LogP contribution in [0.4, 0.5) is 4.39 Å². The Kier molecular flexibility index (Phi) is 13.2. The summed E-state index contributed by atoms with van der Waals surface area (Å²) < 4.78 is 19.6. The number of hydrogen-bond donors (Lipinski definition) is 2. The van der Waals surface area contributed by atoms with Crippen LogP contribution in [0.3, 0.4) is 0 Å². The van der Waals surface area contributed by atoms with Crippen molar-refractivity contribution in [2.45, 2.75) is 97.2 Å². The Morgan fingerprint density at radius 3 is 2.33 bits per heavy atom. The third-order valence-corrected chi connectivity index (χ3v) is 8.73. The number of carbonyl (C=O) groups excluding carboxylic acids is 3. The predicted molar refractivity (Wildman–Crippen MR) is 169 cm³/mol. The zero-order valence-corrected chi connectivity index (χ0v) is 26.7. The number of carbonyl (C=O) groups is 3. The van der Waals surface area contributed by atoms with Gasteiger partial charge < -0.3 is 20.3 Å². The van der Waals surface area contributed by atoms with Gasteiger partial charge in [0.15, 0.2) is 5.78 Å². The van der Waals surface area contributed by atoms with Gasteiger partial charge in [-0.05, 0) is 87.1 Å². The Morgan fingerprint density at radius 1 is 1.02 bits per heavy atom. The van der Waals surface area contributed by atoms with Gasteiger partial charge in [-0.15, -0.1) is 0 Å². The van der Waals surface area contributed by atoms with E-state index < -0.39 is 6.04 Å². The molecule has 7 nitrogen and oxygen atoms in total. The zero-order valence-electron chi connectivity index (χ0n) is 26.7. The van der Waals surface area contributed by atoms with Gasteiger partial charge in [-0.2, -0.15) is 0 Å². The maximum atomic E-state index is 13.3. The summed E-state index contributed by atoms with van der Waals surface area (Å²) in [6, 6.07) is 13.6. The molecule has 1 fully saturated rings. The van der Waals surface area contributed by atoms with Crippen LogP contribution in [0.2, 0.25) is 0 Å². The van der Waals surface area contributed by atoms with E-state index in [0.29, 0.717) is 31.8 Å². The summed E-state index contributed by atoms with van der Waals surface area (Å²) in [4.78, 5) is 39.9. The average Bonchev–Trinajstić information content (AvgIpc) is 3.85. The number of rotatable bonds is 18. The molecule has 5 atom stereocenters. The molecule has 1 unspecified atom stereocenters. The van der Waals surface area contributed by atoms with Crippen molar-refractivity contribution in [2.24, 2.45) is 11.8 Å². The number of aryl methyl sites for hydroxylation is 1. The average molecular weight is 596 g/mol. The SMILES string of the molecule is CCC(=O)[C@@H](C)N(C)C(=O)[C@@H](NC[C@@H](C)Oc1ccccc1CCCNC(=O)[C@H](CC)C(C)c1ccc(F)cc1)C1CC1. The molecule has 0 aliphatic heterocycles. The topological polar surface area (TPSA) is 87.7 Å². The molecular weight excluding hydrogens is 545 g/mol. The first-order valence-corrected chi connectivity index (χ1v) is 15.9. The number of amides is 2. The predicted octanol–water partition coefficient (Wildman–Crippen LogP) is 5.67. The van der Waals surface area contributed by atoms with E-state index in [9.17, 15) is 18.8 Å². The maximum Gasteiger partial charge on any atom is 0.240 e. The van der Waals surface area contributed by atoms with Gasteiger partial charge in [0.25, 0.3) is 0 Å². The van der Waals surface area contributed by atoms with Crippen molar-refractivity contribution in [2.75, 3.05) is 20.1 Å². The fraction of sp³-hybridized carbons (Fsp3) is 0.571. The van der Waals surface area contributed by atoms with Gasteiger partial charge in [0.2, 0.25) is 11.8 Å². The molecule has 43 heavy (non-hydrogen) atoms. The molecule has 1 aliphatic carbocycles. The second-order valence-corrected chi connectivity index (χ2v) is 12.0. The lowest BCUT2D eigenvalue weighted by Gasteiger charge is -2.29. The third-order valence-electron chi connectivity index (χ3n) is 8.73. The van der Waals surface area contributed by atoms with Crippen LogP contribution >= 0.6 is 0 Å². The van der Waals surface area contributed by atoms with Gasteiger partial charge in [0, 0.05) is 32.5 Å². The van der Waals surface area contributed by atoms with Crippen molar-refractivity contribution in [3.63, 3.8) is 0 Å². The highest BCUT2D eigenvalue weighted by Crippen LogP contribution is 2.34. The van der Waals surface area contributed by atoms with Crippen LogP contribution in [0, 0.1) is 17.7 Å². The number of hydrogen-bond acceptors (Lipinski definition) is 5. The summed E-state index contributed by atoms with van der Waals surface area (Å²) in [6.45, 7) is 10.7. The van der Waals surface area contributed by atoms with Crippen molar-refractivity contribution in [3.8, 4) is 5.75 Å². The van der Waals surface area contributed by atoms with Gasteiger partial charge in [-0.3, -0.25) is 14.4 Å². The molecule has 2 aromatic rings. The molecule has 3 rings (SSSR count). The minimum Gasteiger partial charge on any atom is -0.489 e. The molecule has 236 valence electrons. The lowest BCUT2D eigenvalue weighted by atomic mass is 9.85. The van der Waals surface area contributed by atoms with Crippen LogP contribution in [0.1, 0.15) is 83.8 Å². The van der Waals surface area contributed by atoms with E-state index in [4.69, 9.17) is 4.74 Å². The fourth-order valence-corrected chi connectivity index (χ4v) is 5.57. The van der Waals surface area contributed by atoms with Crippen LogP contribution in [0.25, 0.3) is 0 Å². The van der Waals surface area contributed by atoms with Gasteiger partial charge in [0.05, 0.1) is 12.1 Å². The molecule has 0 heterocycles. The van der Waals surface area contributed by atoms with Crippen molar-refractivity contribution in [1.29, 1.82) is 0 Å². The summed E-state index contributed by atoms with van der Waals surface area (Å²) in [5.74, 6) is 0.657. The number of halogens is 1. The number of benzene rings is 2. The van der Waals surface area contributed by atoms with E-state index in [-0.39, 0.29) is 47.4 Å². The highest BCUT2D eigenvalue weighted by Gasteiger charge is 2.39. The number of nitrogens with zero attached hydrogens (tertiary/aromatic N) is 1. The van der Waals surface area contributed by atoms with Gasteiger partial charge in [-0.25, -0.2) is 4.39 Å². The largest absolute Gasteiger partial charge is 0.489 e. The number of ether oxygens (including phenoxy) is 1. The molecule has 8 heteroatoms. The Bertz CT molecular complexity index is 1200. The van der Waals surface area contributed by atoms with Crippen molar-refractivity contribution < 1.29 is 23.5 Å². The molecule has 1 saturated carbocycles. The van der Waals surface area contributed by atoms with E-state index in [1.807, 2.05) is 52.0 Å². The van der Waals surface area contributed by atoms with Crippen LogP contribution in [0.15, 0.2) is 48.5 Å². The first kappa shape index (κ1) is 34.2. The monoisotopic (exact) mass is 595 g/mol. The molecule has 2 N–H and O–H groups in total. The van der Waals surface area contributed by atoms with E-state index in [1.165, 1.54) is 12.1 Å². The lowest BCUT2D eigenvalue weighted by molar-refractivity contribution is -0.139. The zero-order chi connectivity index (χ0) is 31.5. The first-order chi connectivity index (χ1) is 20.6. The molecule has 2 amide bonds. The Morgan fingerprint density at radius 2 is 1.70 bits per heavy atom. The van der Waals surface area contributed by atoms with E-state index in [1.54, 1.807) is 31.0 Å². The second-order valence-electron chi connectivity index (χ2n) is 12.0. The van der Waals surface area contributed by atoms with Crippen LogP contribution in [-0.2, 0) is 20.8 Å². The van der Waals surface area contributed by atoms with E-state index in [2.05, 4.69) is 10.6 Å². The smallest absolute Gasteiger partial charge is 0.240 e. The van der Waals surface area contributed by atoms with Crippen LogP contribution < -0.4 is 15.4 Å². The van der Waals surface area contributed by atoms with Crippen LogP contribution in [-0.4, -0.2) is 60.8 Å². The molecule has 0 aromatic heterocycles. The van der Waals surface area contributed by atoms with E-state index in [0.717, 1.165) is 42.6 Å². The molecule has 0 radical (unpaired) electrons. The molecule has 1 aliphatic rings.